The van der Waals surface area contributed by atoms with Gasteiger partial charge in [-0.05, 0) is 62.4 Å². The molecule has 6 nitrogen and oxygen atoms in total. The van der Waals surface area contributed by atoms with Crippen LogP contribution < -0.4 is 5.32 Å². The summed E-state index contributed by atoms with van der Waals surface area (Å²) in [6, 6.07) is 6.63. The number of carboxylic acid groups (broad SMARTS) is 1. The zero-order chi connectivity index (χ0) is 21.0. The van der Waals surface area contributed by atoms with E-state index >= 15 is 0 Å². The number of ketones is 1. The summed E-state index contributed by atoms with van der Waals surface area (Å²) in [5.74, 6) is -2.20. The lowest BCUT2D eigenvalue weighted by Gasteiger charge is -2.12. The van der Waals surface area contributed by atoms with Gasteiger partial charge in [-0.15, -0.1) is 11.3 Å². The number of allylic oxidation sites excluding steroid dienone is 1. The molecular weight excluding hydrogens is 458 g/mol. The lowest BCUT2D eigenvalue weighted by Crippen LogP contribution is -2.15. The lowest BCUT2D eigenvalue weighted by molar-refractivity contribution is -0.132. The van der Waals surface area contributed by atoms with E-state index in [9.17, 15) is 19.5 Å². The van der Waals surface area contributed by atoms with Crippen LogP contribution in [0.4, 0.5) is 5.00 Å². The fourth-order valence-corrected chi connectivity index (χ4v) is 4.73. The number of esters is 1. The number of anilines is 1. The predicted molar refractivity (Wildman–Crippen MR) is 115 cm³/mol. The average molecular weight is 478 g/mol. The molecule has 0 saturated carbocycles. The Kier molecular flexibility index (Phi) is 6.87. The number of thiophene rings is 1. The standard InChI is InChI=1S/C21H20BrNO5S/c1-2-28-21(27)18-14-5-3-4-6-17(14)29-19(18)23-15(20(25)26)11-16(24)12-7-9-13(22)10-8-12/h7-11,23H,2-6H2,1H3,(H,25,26). The Morgan fingerprint density at radius 1 is 1.21 bits per heavy atom. The van der Waals surface area contributed by atoms with Crippen molar-refractivity contribution in [1.29, 1.82) is 0 Å². The highest BCUT2D eigenvalue weighted by molar-refractivity contribution is 9.10. The van der Waals surface area contributed by atoms with E-state index in [0.29, 0.717) is 16.1 Å². The van der Waals surface area contributed by atoms with Crippen molar-refractivity contribution in [2.75, 3.05) is 11.9 Å². The number of ether oxygens (including phenoxy) is 1. The zero-order valence-corrected chi connectivity index (χ0v) is 18.2. The van der Waals surface area contributed by atoms with Gasteiger partial charge in [0.25, 0.3) is 0 Å². The number of benzene rings is 1. The monoisotopic (exact) mass is 477 g/mol. The molecule has 3 rings (SSSR count). The molecule has 2 N–H and O–H groups in total. The summed E-state index contributed by atoms with van der Waals surface area (Å²) < 4.78 is 6.00. The van der Waals surface area contributed by atoms with Crippen LogP contribution in [0.25, 0.3) is 0 Å². The van der Waals surface area contributed by atoms with E-state index in [2.05, 4.69) is 21.2 Å². The third-order valence-electron chi connectivity index (χ3n) is 4.53. The highest BCUT2D eigenvalue weighted by atomic mass is 79.9. The molecule has 0 spiro atoms. The van der Waals surface area contributed by atoms with Gasteiger partial charge in [-0.2, -0.15) is 0 Å². The molecule has 0 atom stereocenters. The Labute approximate surface area is 180 Å². The van der Waals surface area contributed by atoms with Crippen LogP contribution in [0.3, 0.4) is 0 Å². The first-order chi connectivity index (χ1) is 13.9. The summed E-state index contributed by atoms with van der Waals surface area (Å²) in [6.07, 6.45) is 4.64. The largest absolute Gasteiger partial charge is 0.477 e. The molecule has 1 aromatic carbocycles. The zero-order valence-electron chi connectivity index (χ0n) is 15.8. The Hall–Kier alpha value is -2.45. The van der Waals surface area contributed by atoms with Gasteiger partial charge in [-0.3, -0.25) is 4.79 Å². The van der Waals surface area contributed by atoms with Crippen LogP contribution in [0.15, 0.2) is 40.5 Å². The molecule has 1 aliphatic carbocycles. The number of fused-ring (bicyclic) bond motifs is 1. The molecule has 2 aromatic rings. The molecule has 152 valence electrons. The van der Waals surface area contributed by atoms with E-state index in [1.165, 1.54) is 11.3 Å². The summed E-state index contributed by atoms with van der Waals surface area (Å²) in [4.78, 5) is 37.9. The van der Waals surface area contributed by atoms with Crippen LogP contribution in [-0.2, 0) is 22.4 Å². The van der Waals surface area contributed by atoms with Crippen LogP contribution in [0.5, 0.6) is 0 Å². The minimum Gasteiger partial charge on any atom is -0.477 e. The molecule has 0 bridgehead atoms. The average Bonchev–Trinajstić information content (AvgIpc) is 3.06. The summed E-state index contributed by atoms with van der Waals surface area (Å²) >= 11 is 4.65. The summed E-state index contributed by atoms with van der Waals surface area (Å²) in [5.41, 5.74) is 1.38. The number of carboxylic acids is 1. The van der Waals surface area contributed by atoms with E-state index in [1.54, 1.807) is 31.2 Å². The number of rotatable bonds is 7. The van der Waals surface area contributed by atoms with Crippen molar-refractivity contribution >= 4 is 50.0 Å². The summed E-state index contributed by atoms with van der Waals surface area (Å²) in [7, 11) is 0. The number of nitrogens with one attached hydrogen (secondary N) is 1. The number of aliphatic carboxylic acids is 1. The number of aryl methyl sites for hydroxylation is 1. The van der Waals surface area contributed by atoms with Crippen molar-refractivity contribution in [2.45, 2.75) is 32.6 Å². The van der Waals surface area contributed by atoms with Gasteiger partial charge in [0.05, 0.1) is 12.2 Å². The summed E-state index contributed by atoms with van der Waals surface area (Å²) in [5, 5.41) is 12.8. The van der Waals surface area contributed by atoms with Crippen molar-refractivity contribution in [3.63, 3.8) is 0 Å². The second-order valence-corrected chi connectivity index (χ2v) is 8.52. The van der Waals surface area contributed by atoms with Crippen molar-refractivity contribution in [1.82, 2.24) is 0 Å². The topological polar surface area (TPSA) is 92.7 Å². The van der Waals surface area contributed by atoms with E-state index in [-0.39, 0.29) is 12.3 Å². The smallest absolute Gasteiger partial charge is 0.352 e. The van der Waals surface area contributed by atoms with Crippen LogP contribution in [0.2, 0.25) is 0 Å². The van der Waals surface area contributed by atoms with Gasteiger partial charge < -0.3 is 15.2 Å². The highest BCUT2D eigenvalue weighted by Gasteiger charge is 2.27. The fraction of sp³-hybridized carbons (Fsp3) is 0.286. The predicted octanol–water partition coefficient (Wildman–Crippen LogP) is 4.83. The molecule has 0 fully saturated rings. The quantitative estimate of drug-likeness (QED) is 0.337. The van der Waals surface area contributed by atoms with E-state index in [4.69, 9.17) is 4.74 Å². The molecule has 0 saturated heterocycles. The van der Waals surface area contributed by atoms with Crippen LogP contribution in [0, 0.1) is 0 Å². The molecule has 29 heavy (non-hydrogen) atoms. The van der Waals surface area contributed by atoms with Gasteiger partial charge >= 0.3 is 11.9 Å². The molecule has 0 amide bonds. The van der Waals surface area contributed by atoms with E-state index < -0.39 is 17.7 Å². The minimum atomic E-state index is -1.28. The molecule has 0 radical (unpaired) electrons. The van der Waals surface area contributed by atoms with Crippen molar-refractivity contribution < 1.29 is 24.2 Å². The Balaban J connectivity index is 1.95. The third kappa shape index (κ3) is 4.94. The molecule has 1 aromatic heterocycles. The van der Waals surface area contributed by atoms with Crippen LogP contribution in [-0.4, -0.2) is 29.4 Å². The fourth-order valence-electron chi connectivity index (χ4n) is 3.18. The molecule has 1 heterocycles. The molecular formula is C21H20BrNO5S. The molecule has 0 unspecified atom stereocenters. The van der Waals surface area contributed by atoms with Crippen molar-refractivity contribution in [3.05, 3.63) is 62.1 Å². The maximum Gasteiger partial charge on any atom is 0.352 e. The van der Waals surface area contributed by atoms with Gasteiger partial charge in [-0.25, -0.2) is 9.59 Å². The maximum atomic E-state index is 12.5. The lowest BCUT2D eigenvalue weighted by atomic mass is 9.95. The van der Waals surface area contributed by atoms with Gasteiger partial charge in [0, 0.05) is 21.0 Å². The number of hydrogen-bond donors (Lipinski definition) is 2. The highest BCUT2D eigenvalue weighted by Crippen LogP contribution is 2.39. The Morgan fingerprint density at radius 3 is 2.55 bits per heavy atom. The second-order valence-electron chi connectivity index (χ2n) is 6.49. The number of hydrogen-bond acceptors (Lipinski definition) is 6. The number of halogens is 1. The van der Waals surface area contributed by atoms with Crippen LogP contribution in [0.1, 0.15) is 50.9 Å². The van der Waals surface area contributed by atoms with Gasteiger partial charge in [-0.1, -0.05) is 15.9 Å². The SMILES string of the molecule is CCOC(=O)c1c(NC(=CC(=O)c2ccc(Br)cc2)C(=O)O)sc2c1CCCC2. The van der Waals surface area contributed by atoms with Crippen molar-refractivity contribution in [3.8, 4) is 0 Å². The van der Waals surface area contributed by atoms with Gasteiger partial charge in [0.15, 0.2) is 5.78 Å². The normalized spacial score (nSPS) is 13.5. The van der Waals surface area contributed by atoms with E-state index in [1.807, 2.05) is 0 Å². The Morgan fingerprint density at radius 2 is 1.90 bits per heavy atom. The first kappa shape index (κ1) is 21.3. The molecule has 0 aliphatic heterocycles. The molecule has 8 heteroatoms. The first-order valence-electron chi connectivity index (χ1n) is 9.24. The van der Waals surface area contributed by atoms with Crippen LogP contribution >= 0.6 is 27.3 Å². The van der Waals surface area contributed by atoms with Gasteiger partial charge in [0.1, 0.15) is 10.7 Å². The second kappa shape index (κ2) is 9.37. The van der Waals surface area contributed by atoms with E-state index in [0.717, 1.165) is 46.7 Å². The summed E-state index contributed by atoms with van der Waals surface area (Å²) in [6.45, 7) is 1.95. The van der Waals surface area contributed by atoms with Gasteiger partial charge in [0.2, 0.25) is 0 Å². The first-order valence-corrected chi connectivity index (χ1v) is 10.8. The number of carbonyl (C=O) groups is 3. The van der Waals surface area contributed by atoms with Crippen molar-refractivity contribution in [2.24, 2.45) is 0 Å². The molecule has 1 aliphatic rings. The third-order valence-corrected chi connectivity index (χ3v) is 6.27. The minimum absolute atomic E-state index is 0.229. The Bertz CT molecular complexity index is 978. The number of carbonyl (C=O) groups excluding carboxylic acids is 2. The maximum absolute atomic E-state index is 12.5.